The van der Waals surface area contributed by atoms with E-state index in [0.717, 1.165) is 22.3 Å². The van der Waals surface area contributed by atoms with Crippen molar-refractivity contribution >= 4 is 125 Å². The molecule has 3 atom stereocenters. The molecule has 4 nitrogen and oxygen atoms in total. The molecule has 1 N–H and O–H groups in total. The Hall–Kier alpha value is 3.67. The van der Waals surface area contributed by atoms with Gasteiger partial charge in [0.2, 0.25) is 0 Å². The van der Waals surface area contributed by atoms with Gasteiger partial charge in [-0.05, 0) is 30.5 Å². The maximum atomic E-state index is 11.1. The van der Waals surface area contributed by atoms with Gasteiger partial charge in [0.05, 0.1) is 19.3 Å². The summed E-state index contributed by atoms with van der Waals surface area (Å²) in [5, 5.41) is 9.37. The van der Waals surface area contributed by atoms with Gasteiger partial charge in [-0.3, -0.25) is 4.79 Å². The first-order valence-electron chi connectivity index (χ1n) is 10.3. The van der Waals surface area contributed by atoms with E-state index in [9.17, 15) is 9.90 Å². The fourth-order valence-electron chi connectivity index (χ4n) is 2.24. The minimum absolute atomic E-state index is 0.0765. The number of halogens is 5. The molecule has 35 heavy (non-hydrogen) atoms. The summed E-state index contributed by atoms with van der Waals surface area (Å²) >= 11 is 12.1. The van der Waals surface area contributed by atoms with E-state index in [-0.39, 0.29) is 10.7 Å². The summed E-state index contributed by atoms with van der Waals surface area (Å²) in [5.41, 5.74) is 3.63. The van der Waals surface area contributed by atoms with Crippen molar-refractivity contribution in [2.75, 3.05) is 0 Å². The molecule has 0 amide bonds. The fourth-order valence-corrected chi connectivity index (χ4v) is 2.60. The van der Waals surface area contributed by atoms with Crippen LogP contribution in [0.3, 0.4) is 0 Å². The Morgan fingerprint density at radius 3 is 1.63 bits per heavy atom. The van der Waals surface area contributed by atoms with Gasteiger partial charge in [0.15, 0.2) is 5.78 Å². The van der Waals surface area contributed by atoms with Gasteiger partial charge in [0.25, 0.3) is 0 Å². The van der Waals surface area contributed by atoms with Crippen LogP contribution in [-0.2, 0) is 36.6 Å². The molecule has 0 fully saturated rings. The number of carbonyl (C=O) groups is 1. The zero-order chi connectivity index (χ0) is 28.2. The summed E-state index contributed by atoms with van der Waals surface area (Å²) in [7, 11) is 5.00. The van der Waals surface area contributed by atoms with Gasteiger partial charge < -0.3 is 14.2 Å². The molecule has 0 saturated carbocycles. The molecule has 0 aromatic heterocycles. The first-order valence-corrected chi connectivity index (χ1v) is 33.8. The number of hydrogen-bond donors (Lipinski definition) is 1. The molecule has 3 unspecified atom stereocenters. The minimum atomic E-state index is -0.429. The molecule has 0 spiro atoms. The number of ketones is 1. The third kappa shape index (κ3) is 30.5. The Balaban J connectivity index is -0.000000196. The van der Waals surface area contributed by atoms with E-state index in [4.69, 9.17) is 9.05 Å². The third-order valence-electron chi connectivity index (χ3n) is 3.38. The van der Waals surface area contributed by atoms with Gasteiger partial charge in [-0.15, -0.1) is 0 Å². The van der Waals surface area contributed by atoms with Gasteiger partial charge >= 0.3 is 114 Å². The number of aliphatic hydroxyl groups excluding tert-OH is 1. The van der Waals surface area contributed by atoms with Gasteiger partial charge in [-0.2, -0.15) is 0 Å². The summed E-state index contributed by atoms with van der Waals surface area (Å²) in [4.78, 5) is 10.8. The van der Waals surface area contributed by atoms with E-state index in [1.807, 2.05) is 70.2 Å². The normalized spacial score (nSPS) is 9.57. The Bertz CT molecular complexity index is 731. The van der Waals surface area contributed by atoms with Crippen molar-refractivity contribution in [3.05, 3.63) is 70.8 Å². The SMILES string of the molecule is CC.CC.CC(=O)c1ccccc1COP.CC(O)c1ccccc1COP.[I][V]([I])[I].[I][V][I]. The molecule has 2 aromatic rings. The molecule has 0 radical (unpaired) electrons. The number of hydrogen-bond acceptors (Lipinski definition) is 4. The van der Waals surface area contributed by atoms with Crippen LogP contribution < -0.4 is 0 Å². The van der Waals surface area contributed by atoms with Crippen molar-refractivity contribution in [2.24, 2.45) is 0 Å². The quantitative estimate of drug-likeness (QED) is 0.178. The molecule has 203 valence electrons. The van der Waals surface area contributed by atoms with Crippen LogP contribution in [0.15, 0.2) is 48.5 Å². The van der Waals surface area contributed by atoms with Crippen molar-refractivity contribution in [1.82, 2.24) is 0 Å². The number of benzene rings is 2. The summed E-state index contributed by atoms with van der Waals surface area (Å²) in [6.07, 6.45) is -0.429. The summed E-state index contributed by atoms with van der Waals surface area (Å²) in [6.45, 7) is 12.3. The third-order valence-corrected chi connectivity index (χ3v) is 3.71. The van der Waals surface area contributed by atoms with E-state index in [2.05, 4.69) is 119 Å². The molecule has 0 bridgehead atoms. The predicted molar refractivity (Wildman–Crippen MR) is 195 cm³/mol. The van der Waals surface area contributed by atoms with Crippen LogP contribution in [0.1, 0.15) is 74.7 Å². The molecule has 0 aliphatic rings. The van der Waals surface area contributed by atoms with Crippen LogP contribution in [-0.4, -0.2) is 10.9 Å². The van der Waals surface area contributed by atoms with Crippen LogP contribution in [0.5, 0.6) is 0 Å². The van der Waals surface area contributed by atoms with Crippen molar-refractivity contribution in [3.63, 3.8) is 0 Å². The first kappa shape index (κ1) is 45.7. The Morgan fingerprint density at radius 2 is 1.26 bits per heavy atom. The van der Waals surface area contributed by atoms with Crippen molar-refractivity contribution in [3.8, 4) is 0 Å². The predicted octanol–water partition coefficient (Wildman–Crippen LogP) is 10.7. The number of rotatable bonds is 6. The molecule has 2 rings (SSSR count). The zero-order valence-corrected chi connectivity index (χ0v) is 36.6. The summed E-state index contributed by atoms with van der Waals surface area (Å²) in [5.74, 6) is 0.0765. The van der Waals surface area contributed by atoms with Crippen molar-refractivity contribution in [1.29, 1.82) is 0 Å². The number of carbonyl (C=O) groups excluding carboxylic acids is 1. The standard InChI is InChI=1S/C9H13O2P.C9H11O2P.2C2H6.5HI.2V/c2*1-7(10)9-5-3-2-4-8(9)6-11-12;2*1-2;;;;;;;/h2-5,7,10H,6,12H2,1H3;2-5H,6,12H2,1H3;2*1-2H3;5*1H;;/q;;;;;;;;;+2;+3/p-5. The average molecular weight is 1160 g/mol. The number of Topliss-reactive ketones (excluding diaryl/α,β-unsaturated/α-hetero) is 1. The van der Waals surface area contributed by atoms with E-state index < -0.39 is 6.10 Å². The van der Waals surface area contributed by atoms with Crippen molar-refractivity contribution in [2.45, 2.75) is 60.9 Å². The molecule has 0 saturated heterocycles. The Labute approximate surface area is 284 Å². The van der Waals surface area contributed by atoms with Crippen LogP contribution in [0.4, 0.5) is 0 Å². The van der Waals surface area contributed by atoms with Gasteiger partial charge in [-0.25, -0.2) is 0 Å². The molecular weight excluding hydrogens is 1130 g/mol. The zero-order valence-electron chi connectivity index (χ0n) is 20.7. The van der Waals surface area contributed by atoms with Crippen LogP contribution >= 0.6 is 119 Å². The summed E-state index contributed by atoms with van der Waals surface area (Å²) < 4.78 is 9.81. The average Bonchev–Trinajstić information content (AvgIpc) is 2.83. The van der Waals surface area contributed by atoms with Crippen molar-refractivity contribution < 1.29 is 33.3 Å². The summed E-state index contributed by atoms with van der Waals surface area (Å²) in [6, 6.07) is 15.1. The van der Waals surface area contributed by atoms with E-state index in [1.54, 1.807) is 19.9 Å². The molecule has 0 aliphatic carbocycles. The van der Waals surface area contributed by atoms with Crippen LogP contribution in [0, 0.1) is 0 Å². The van der Waals surface area contributed by atoms with Crippen LogP contribution in [0.2, 0.25) is 0 Å². The molecule has 2 aromatic carbocycles. The van der Waals surface area contributed by atoms with Gasteiger partial charge in [-0.1, -0.05) is 76.2 Å². The molecule has 13 heteroatoms. The molecule has 0 aliphatic heterocycles. The van der Waals surface area contributed by atoms with Crippen LogP contribution in [0.25, 0.3) is 0 Å². The van der Waals surface area contributed by atoms with Gasteiger partial charge in [0.1, 0.15) is 0 Å². The first-order chi connectivity index (χ1) is 16.7. The second-order valence-corrected chi connectivity index (χ2v) is 53.3. The monoisotopic (exact) mass is 1160 g/mol. The topological polar surface area (TPSA) is 55.8 Å². The van der Waals surface area contributed by atoms with E-state index in [1.165, 1.54) is 0 Å². The Morgan fingerprint density at radius 1 is 0.914 bits per heavy atom. The second kappa shape index (κ2) is 35.7. The van der Waals surface area contributed by atoms with E-state index in [0.29, 0.717) is 22.7 Å². The van der Waals surface area contributed by atoms with Gasteiger partial charge in [0, 0.05) is 24.5 Å². The van der Waals surface area contributed by atoms with E-state index >= 15 is 0 Å². The maximum absolute atomic E-state index is 11.1. The Kier molecular flexibility index (Phi) is 46.6. The number of aliphatic hydroxyl groups is 1. The molecule has 0 heterocycles. The second-order valence-electron chi connectivity index (χ2n) is 5.47. The molecular formula is C22H36I5O4P2V2. The fraction of sp³-hybridized carbons (Fsp3) is 0.409.